The van der Waals surface area contributed by atoms with E-state index in [0.29, 0.717) is 42.6 Å². The Labute approximate surface area is 155 Å². The van der Waals surface area contributed by atoms with Crippen LogP contribution in [0, 0.1) is 5.92 Å². The second kappa shape index (κ2) is 6.99. The van der Waals surface area contributed by atoms with Crippen molar-refractivity contribution in [2.24, 2.45) is 16.6 Å². The number of amidine groups is 1. The van der Waals surface area contributed by atoms with Crippen molar-refractivity contribution >= 4 is 34.8 Å². The number of carbonyl (C=O) groups is 2. The number of benzene rings is 1. The maximum Gasteiger partial charge on any atom is 0.286 e. The molecule has 0 bridgehead atoms. The lowest BCUT2D eigenvalue weighted by Gasteiger charge is -2.31. The zero-order valence-corrected chi connectivity index (χ0v) is 15.0. The topological polar surface area (TPSA) is 85.0 Å². The van der Waals surface area contributed by atoms with Gasteiger partial charge in [0.05, 0.1) is 4.91 Å². The van der Waals surface area contributed by atoms with Crippen molar-refractivity contribution in [1.82, 2.24) is 4.90 Å². The molecule has 0 aliphatic carbocycles. The summed E-state index contributed by atoms with van der Waals surface area (Å²) in [6.45, 7) is 1.83. The molecule has 0 spiro atoms. The molecule has 0 aromatic heterocycles. The molecule has 1 saturated heterocycles. The number of aliphatic imine (C=N–C) groups is 1. The smallest absolute Gasteiger partial charge is 0.286 e. The van der Waals surface area contributed by atoms with Crippen LogP contribution in [0.5, 0.6) is 5.75 Å². The number of para-hydroxylation sites is 1. The first-order chi connectivity index (χ1) is 12.6. The molecule has 0 saturated carbocycles. The largest absolute Gasteiger partial charge is 0.488 e. The maximum atomic E-state index is 12.3. The van der Waals surface area contributed by atoms with E-state index in [2.05, 4.69) is 9.89 Å². The minimum atomic E-state index is -0.244. The number of amides is 2. The van der Waals surface area contributed by atoms with Crippen LogP contribution in [-0.2, 0) is 9.59 Å². The fourth-order valence-corrected chi connectivity index (χ4v) is 4.25. The zero-order valence-electron chi connectivity index (χ0n) is 14.2. The summed E-state index contributed by atoms with van der Waals surface area (Å²) >= 11 is 1.38. The third-order valence-electron chi connectivity index (χ3n) is 4.75. The van der Waals surface area contributed by atoms with E-state index in [1.165, 1.54) is 11.8 Å². The van der Waals surface area contributed by atoms with Crippen molar-refractivity contribution in [3.05, 3.63) is 46.4 Å². The number of ether oxygens (including phenoxy) is 1. The second-order valence-electron chi connectivity index (χ2n) is 6.52. The number of primary amides is 1. The number of fused-ring (bicyclic) bond motifs is 1. The summed E-state index contributed by atoms with van der Waals surface area (Å²) < 4.78 is 5.73. The van der Waals surface area contributed by atoms with Crippen LogP contribution in [0.15, 0.2) is 45.8 Å². The Balaban J connectivity index is 1.45. The molecule has 1 aromatic carbocycles. The number of thioether (sulfide) groups is 1. The summed E-state index contributed by atoms with van der Waals surface area (Å²) in [5, 5.41) is 0.710. The van der Waals surface area contributed by atoms with Gasteiger partial charge in [0.1, 0.15) is 12.4 Å². The van der Waals surface area contributed by atoms with E-state index in [-0.39, 0.29) is 17.7 Å². The van der Waals surface area contributed by atoms with Gasteiger partial charge in [0.15, 0.2) is 5.17 Å². The van der Waals surface area contributed by atoms with Gasteiger partial charge in [-0.2, -0.15) is 4.99 Å². The highest BCUT2D eigenvalue weighted by molar-refractivity contribution is 8.18. The number of carbonyl (C=O) groups excluding carboxylic acids is 2. The van der Waals surface area contributed by atoms with Crippen LogP contribution in [0.25, 0.3) is 6.08 Å². The third kappa shape index (κ3) is 3.39. The van der Waals surface area contributed by atoms with Crippen LogP contribution in [-0.4, -0.2) is 41.6 Å². The lowest BCUT2D eigenvalue weighted by molar-refractivity contribution is -0.123. The van der Waals surface area contributed by atoms with Crippen molar-refractivity contribution in [2.75, 3.05) is 19.7 Å². The summed E-state index contributed by atoms with van der Waals surface area (Å²) in [5.41, 5.74) is 7.33. The molecule has 2 N–H and O–H groups in total. The van der Waals surface area contributed by atoms with Gasteiger partial charge in [0.2, 0.25) is 5.91 Å². The molecule has 0 radical (unpaired) electrons. The standard InChI is InChI=1S/C19H19N3O3S/c20-17(23)13-5-7-22(8-6-13)19-21-18(24)16(26-19)10-12-9-14-3-1-2-4-15(14)25-11-12/h1-4,9-10,13H,5-8,11H2,(H2,20,23)/b16-10-. The van der Waals surface area contributed by atoms with Gasteiger partial charge in [-0.1, -0.05) is 18.2 Å². The molecule has 7 heteroatoms. The van der Waals surface area contributed by atoms with Crippen molar-refractivity contribution in [1.29, 1.82) is 0 Å². The number of rotatable bonds is 2. The number of nitrogens with two attached hydrogens (primary N) is 1. The summed E-state index contributed by atoms with van der Waals surface area (Å²) in [6, 6.07) is 7.82. The molecule has 26 heavy (non-hydrogen) atoms. The van der Waals surface area contributed by atoms with E-state index in [1.54, 1.807) is 0 Å². The van der Waals surface area contributed by atoms with Crippen LogP contribution in [0.4, 0.5) is 0 Å². The Morgan fingerprint density at radius 1 is 1.31 bits per heavy atom. The molecule has 6 nitrogen and oxygen atoms in total. The van der Waals surface area contributed by atoms with Crippen molar-refractivity contribution < 1.29 is 14.3 Å². The normalized spacial score (nSPS) is 21.9. The van der Waals surface area contributed by atoms with Crippen molar-refractivity contribution in [3.8, 4) is 5.75 Å². The van der Waals surface area contributed by atoms with Crippen LogP contribution >= 0.6 is 11.8 Å². The number of hydrogen-bond donors (Lipinski definition) is 1. The molecule has 1 aromatic rings. The SMILES string of the molecule is NC(=O)C1CCN(C2=NC(=O)/C(=C/C3=Cc4ccccc4OC3)S2)CC1. The second-order valence-corrected chi connectivity index (χ2v) is 7.53. The molecular formula is C19H19N3O3S. The highest BCUT2D eigenvalue weighted by Gasteiger charge is 2.30. The number of nitrogens with zero attached hydrogens (tertiary/aromatic N) is 2. The number of likely N-dealkylation sites (tertiary alicyclic amines) is 1. The number of piperidine rings is 1. The third-order valence-corrected chi connectivity index (χ3v) is 5.79. The fourth-order valence-electron chi connectivity index (χ4n) is 3.27. The first-order valence-corrected chi connectivity index (χ1v) is 9.41. The van der Waals surface area contributed by atoms with Gasteiger partial charge in [-0.15, -0.1) is 0 Å². The molecule has 3 aliphatic rings. The fraction of sp³-hybridized carbons (Fsp3) is 0.316. The molecule has 2 amide bonds. The van der Waals surface area contributed by atoms with E-state index in [9.17, 15) is 9.59 Å². The monoisotopic (exact) mass is 369 g/mol. The summed E-state index contributed by atoms with van der Waals surface area (Å²) in [5.74, 6) is 0.316. The summed E-state index contributed by atoms with van der Waals surface area (Å²) in [6.07, 6.45) is 5.31. The van der Waals surface area contributed by atoms with Crippen molar-refractivity contribution in [2.45, 2.75) is 12.8 Å². The average Bonchev–Trinajstić information content (AvgIpc) is 3.02. The first-order valence-electron chi connectivity index (χ1n) is 8.59. The molecule has 0 atom stereocenters. The molecular weight excluding hydrogens is 350 g/mol. The highest BCUT2D eigenvalue weighted by Crippen LogP contribution is 2.33. The Morgan fingerprint density at radius 2 is 2.08 bits per heavy atom. The minimum Gasteiger partial charge on any atom is -0.488 e. The Kier molecular flexibility index (Phi) is 4.55. The molecule has 3 aliphatic heterocycles. The lowest BCUT2D eigenvalue weighted by Crippen LogP contribution is -2.40. The van der Waals surface area contributed by atoms with Crippen LogP contribution in [0.3, 0.4) is 0 Å². The quantitative estimate of drug-likeness (QED) is 0.808. The van der Waals surface area contributed by atoms with E-state index in [1.807, 2.05) is 36.4 Å². The van der Waals surface area contributed by atoms with Gasteiger partial charge in [-0.25, -0.2) is 0 Å². The summed E-state index contributed by atoms with van der Waals surface area (Å²) in [7, 11) is 0. The van der Waals surface area contributed by atoms with Gasteiger partial charge >= 0.3 is 0 Å². The maximum absolute atomic E-state index is 12.3. The molecule has 134 valence electrons. The number of hydrogen-bond acceptors (Lipinski definition) is 5. The minimum absolute atomic E-state index is 0.0754. The average molecular weight is 369 g/mol. The van der Waals surface area contributed by atoms with Crippen LogP contribution in [0.1, 0.15) is 18.4 Å². The summed E-state index contributed by atoms with van der Waals surface area (Å²) in [4.78, 5) is 30.4. The van der Waals surface area contributed by atoms with E-state index < -0.39 is 0 Å². The molecule has 1 fully saturated rings. The molecule has 0 unspecified atom stereocenters. The lowest BCUT2D eigenvalue weighted by atomic mass is 9.97. The van der Waals surface area contributed by atoms with Gasteiger partial charge in [0.25, 0.3) is 5.91 Å². The van der Waals surface area contributed by atoms with Crippen LogP contribution in [0.2, 0.25) is 0 Å². The van der Waals surface area contributed by atoms with Gasteiger partial charge < -0.3 is 15.4 Å². The Hall–Kier alpha value is -2.54. The van der Waals surface area contributed by atoms with Gasteiger partial charge in [0, 0.05) is 24.6 Å². The van der Waals surface area contributed by atoms with E-state index in [0.717, 1.165) is 16.9 Å². The predicted molar refractivity (Wildman–Crippen MR) is 102 cm³/mol. The van der Waals surface area contributed by atoms with Crippen LogP contribution < -0.4 is 10.5 Å². The zero-order chi connectivity index (χ0) is 18.1. The molecule has 4 rings (SSSR count). The predicted octanol–water partition coefficient (Wildman–Crippen LogP) is 2.17. The van der Waals surface area contributed by atoms with E-state index in [4.69, 9.17) is 10.5 Å². The Bertz CT molecular complexity index is 851. The van der Waals surface area contributed by atoms with Gasteiger partial charge in [-0.05, 0) is 48.4 Å². The molecule has 3 heterocycles. The van der Waals surface area contributed by atoms with Crippen molar-refractivity contribution in [3.63, 3.8) is 0 Å². The highest BCUT2D eigenvalue weighted by atomic mass is 32.2. The first kappa shape index (κ1) is 16.9. The van der Waals surface area contributed by atoms with Gasteiger partial charge in [-0.3, -0.25) is 9.59 Å². The van der Waals surface area contributed by atoms with E-state index >= 15 is 0 Å². The Morgan fingerprint density at radius 3 is 2.85 bits per heavy atom.